The zero-order valence-corrected chi connectivity index (χ0v) is 19.7. The van der Waals surface area contributed by atoms with Crippen molar-refractivity contribution < 1.29 is 14.3 Å². The predicted octanol–water partition coefficient (Wildman–Crippen LogP) is 5.26. The highest BCUT2D eigenvalue weighted by Crippen LogP contribution is 2.44. The Balaban J connectivity index is 1.90. The van der Waals surface area contributed by atoms with Crippen LogP contribution in [0.1, 0.15) is 32.6 Å². The summed E-state index contributed by atoms with van der Waals surface area (Å²) in [5.41, 5.74) is 2.70. The second kappa shape index (κ2) is 9.23. The third-order valence-electron chi connectivity index (χ3n) is 4.66. The molecule has 1 unspecified atom stereocenters. The van der Waals surface area contributed by atoms with Crippen LogP contribution in [0.5, 0.6) is 11.6 Å². The van der Waals surface area contributed by atoms with Crippen LogP contribution in [-0.2, 0) is 4.79 Å². The molecule has 1 amide bonds. The summed E-state index contributed by atoms with van der Waals surface area (Å²) in [6, 6.07) is 13.2. The maximum absolute atomic E-state index is 12.8. The molecule has 160 valence electrons. The molecule has 0 aliphatic carbocycles. The Hall–Kier alpha value is -2.65. The monoisotopic (exact) mass is 500 g/mol. The number of ether oxygens (including phenoxy) is 2. The van der Waals surface area contributed by atoms with E-state index >= 15 is 0 Å². The largest absolute Gasteiger partial charge is 0.494 e. The summed E-state index contributed by atoms with van der Waals surface area (Å²) in [4.78, 5) is 19.0. The Morgan fingerprint density at radius 3 is 2.65 bits per heavy atom. The lowest BCUT2D eigenvalue weighted by Crippen LogP contribution is -2.36. The van der Waals surface area contributed by atoms with Gasteiger partial charge in [-0.1, -0.05) is 34.6 Å². The van der Waals surface area contributed by atoms with E-state index in [1.807, 2.05) is 56.3 Å². The fourth-order valence-electron chi connectivity index (χ4n) is 3.38. The highest BCUT2D eigenvalue weighted by molar-refractivity contribution is 9.10. The summed E-state index contributed by atoms with van der Waals surface area (Å²) in [5.74, 6) is 1.74. The number of halogens is 1. The first kappa shape index (κ1) is 21.6. The van der Waals surface area contributed by atoms with Gasteiger partial charge in [-0.05, 0) is 55.1 Å². The Morgan fingerprint density at radius 2 is 1.97 bits per heavy atom. The average molecular weight is 501 g/mol. The van der Waals surface area contributed by atoms with E-state index < -0.39 is 6.23 Å². The third-order valence-corrected chi connectivity index (χ3v) is 5.87. The summed E-state index contributed by atoms with van der Waals surface area (Å²) in [6.07, 6.45) is -0.717. The van der Waals surface area contributed by atoms with Crippen molar-refractivity contribution in [1.82, 2.24) is 15.2 Å². The van der Waals surface area contributed by atoms with Crippen LogP contribution >= 0.6 is 27.7 Å². The smallest absolute Gasteiger partial charge is 0.247 e. The number of nitrogens with zero attached hydrogens (tertiary/aromatic N) is 4. The first-order valence-electron chi connectivity index (χ1n) is 9.88. The molecule has 1 atom stereocenters. The van der Waals surface area contributed by atoms with Gasteiger partial charge in [-0.2, -0.15) is 4.98 Å². The number of carbonyl (C=O) groups excluding carboxylic acids is 1. The zero-order valence-electron chi connectivity index (χ0n) is 17.3. The first-order chi connectivity index (χ1) is 15.0. The van der Waals surface area contributed by atoms with Crippen LogP contribution in [0, 0.1) is 0 Å². The van der Waals surface area contributed by atoms with E-state index in [2.05, 4.69) is 31.1 Å². The van der Waals surface area contributed by atoms with Crippen LogP contribution in [0.4, 0.5) is 5.69 Å². The lowest BCUT2D eigenvalue weighted by atomic mass is 10.1. The molecule has 2 heterocycles. The van der Waals surface area contributed by atoms with Crippen LogP contribution in [0.25, 0.3) is 11.3 Å². The van der Waals surface area contributed by atoms with Crippen LogP contribution in [0.15, 0.2) is 52.1 Å². The van der Waals surface area contributed by atoms with E-state index in [1.54, 1.807) is 4.90 Å². The fraction of sp³-hybridized carbons (Fsp3) is 0.273. The molecule has 0 fully saturated rings. The third kappa shape index (κ3) is 4.38. The number of hydrogen-bond donors (Lipinski definition) is 0. The van der Waals surface area contributed by atoms with Crippen molar-refractivity contribution in [3.63, 3.8) is 0 Å². The average Bonchev–Trinajstić information content (AvgIpc) is 2.89. The molecule has 0 bridgehead atoms. The number of aromatic nitrogens is 3. The molecular formula is C22H21BrN4O3S. The van der Waals surface area contributed by atoms with Gasteiger partial charge in [0.2, 0.25) is 23.2 Å². The Kier molecular flexibility index (Phi) is 6.43. The van der Waals surface area contributed by atoms with Crippen molar-refractivity contribution >= 4 is 39.3 Å². The van der Waals surface area contributed by atoms with Crippen LogP contribution in [-0.4, -0.2) is 33.4 Å². The molecule has 31 heavy (non-hydrogen) atoms. The quantitative estimate of drug-likeness (QED) is 0.442. The molecule has 0 saturated heterocycles. The van der Waals surface area contributed by atoms with Gasteiger partial charge in [0.1, 0.15) is 5.75 Å². The molecule has 2 aromatic carbocycles. The molecule has 0 spiro atoms. The molecule has 4 rings (SSSR count). The normalized spacial score (nSPS) is 14.8. The maximum Gasteiger partial charge on any atom is 0.247 e. The number of fused-ring (bicyclic) bond motifs is 3. The van der Waals surface area contributed by atoms with Gasteiger partial charge in [-0.25, -0.2) is 0 Å². The minimum Gasteiger partial charge on any atom is -0.494 e. The van der Waals surface area contributed by atoms with Crippen LogP contribution in [0.3, 0.4) is 0 Å². The number of rotatable bonds is 5. The van der Waals surface area contributed by atoms with Gasteiger partial charge in [0.05, 0.1) is 12.3 Å². The molecule has 3 aromatic rings. The van der Waals surface area contributed by atoms with Gasteiger partial charge in [-0.15, -0.1) is 10.2 Å². The highest BCUT2D eigenvalue weighted by Gasteiger charge is 2.34. The fourth-order valence-corrected chi connectivity index (χ4v) is 4.24. The molecule has 0 radical (unpaired) electrons. The first-order valence-corrected chi connectivity index (χ1v) is 11.7. The number of hydrogen-bond acceptors (Lipinski definition) is 7. The Bertz CT molecular complexity index is 1110. The summed E-state index contributed by atoms with van der Waals surface area (Å²) < 4.78 is 12.8. The van der Waals surface area contributed by atoms with Gasteiger partial charge in [0.25, 0.3) is 0 Å². The SMILES string of the molecule is CCOc1ccc(C2Oc3nc(SCC)nnc3-c3cc(Br)ccc3N2C(C)=O)cc1. The summed E-state index contributed by atoms with van der Waals surface area (Å²) in [5, 5.41) is 9.17. The predicted molar refractivity (Wildman–Crippen MR) is 124 cm³/mol. The Morgan fingerprint density at radius 1 is 1.19 bits per heavy atom. The van der Waals surface area contributed by atoms with E-state index in [0.717, 1.165) is 27.1 Å². The van der Waals surface area contributed by atoms with Gasteiger partial charge in [-0.3, -0.25) is 9.69 Å². The van der Waals surface area contributed by atoms with Gasteiger partial charge >= 0.3 is 0 Å². The Labute approximate surface area is 193 Å². The lowest BCUT2D eigenvalue weighted by molar-refractivity contribution is -0.118. The minimum atomic E-state index is -0.717. The van der Waals surface area contributed by atoms with E-state index in [-0.39, 0.29) is 5.91 Å². The summed E-state index contributed by atoms with van der Waals surface area (Å²) >= 11 is 5.00. The standard InChI is InChI=1S/C22H21BrN4O3S/c1-4-29-16-9-6-14(7-10-16)21-27(13(3)28)18-11-8-15(23)12-17(18)19-20(30-21)24-22(26-25-19)31-5-2/h6-12,21H,4-5H2,1-3H3. The topological polar surface area (TPSA) is 77.4 Å². The lowest BCUT2D eigenvalue weighted by Gasteiger charge is -2.30. The molecule has 0 N–H and O–H groups in total. The van der Waals surface area contributed by atoms with E-state index in [1.165, 1.54) is 18.7 Å². The van der Waals surface area contributed by atoms with Crippen LogP contribution < -0.4 is 14.4 Å². The van der Waals surface area contributed by atoms with Crippen molar-refractivity contribution in [1.29, 1.82) is 0 Å². The molecule has 1 aliphatic rings. The number of anilines is 1. The molecule has 9 heteroatoms. The van der Waals surface area contributed by atoms with E-state index in [0.29, 0.717) is 29.0 Å². The summed E-state index contributed by atoms with van der Waals surface area (Å²) in [7, 11) is 0. The second-order valence-corrected chi connectivity index (χ2v) is 8.85. The number of thioether (sulfide) groups is 1. The van der Waals surface area contributed by atoms with E-state index in [4.69, 9.17) is 9.47 Å². The molecular weight excluding hydrogens is 480 g/mol. The molecule has 1 aliphatic heterocycles. The minimum absolute atomic E-state index is 0.161. The second-order valence-electron chi connectivity index (χ2n) is 6.70. The van der Waals surface area contributed by atoms with Crippen molar-refractivity contribution in [3.05, 3.63) is 52.5 Å². The molecule has 7 nitrogen and oxygen atoms in total. The van der Waals surface area contributed by atoms with E-state index in [9.17, 15) is 4.79 Å². The highest BCUT2D eigenvalue weighted by atomic mass is 79.9. The number of carbonyl (C=O) groups is 1. The molecule has 1 aromatic heterocycles. The summed E-state index contributed by atoms with van der Waals surface area (Å²) in [6.45, 7) is 6.05. The van der Waals surface area contributed by atoms with Crippen LogP contribution in [0.2, 0.25) is 0 Å². The zero-order chi connectivity index (χ0) is 22.0. The van der Waals surface area contributed by atoms with Gasteiger partial charge < -0.3 is 9.47 Å². The number of amides is 1. The van der Waals surface area contributed by atoms with Crippen molar-refractivity contribution in [3.8, 4) is 22.9 Å². The van der Waals surface area contributed by atoms with Crippen molar-refractivity contribution in [2.75, 3.05) is 17.3 Å². The van der Waals surface area contributed by atoms with Gasteiger partial charge in [0, 0.05) is 22.5 Å². The van der Waals surface area contributed by atoms with Crippen molar-refractivity contribution in [2.45, 2.75) is 32.2 Å². The maximum atomic E-state index is 12.8. The number of benzene rings is 2. The van der Waals surface area contributed by atoms with Crippen molar-refractivity contribution in [2.24, 2.45) is 0 Å². The van der Waals surface area contributed by atoms with Gasteiger partial charge in [0.15, 0.2) is 5.69 Å². The molecule has 0 saturated carbocycles.